The lowest BCUT2D eigenvalue weighted by Gasteiger charge is -2.23. The quantitative estimate of drug-likeness (QED) is 0.812. The molecule has 0 radical (unpaired) electrons. The number of benzene rings is 1. The lowest BCUT2D eigenvalue weighted by molar-refractivity contribution is 0.268. The Morgan fingerprint density at radius 1 is 1.31 bits per heavy atom. The number of ether oxygens (including phenoxy) is 1. The summed E-state index contributed by atoms with van der Waals surface area (Å²) in [6.07, 6.45) is 3.57. The third-order valence-corrected chi connectivity index (χ3v) is 3.34. The van der Waals surface area contributed by atoms with Crippen LogP contribution in [0.4, 0.5) is 0 Å². The number of rotatable bonds is 3. The highest BCUT2D eigenvalue weighted by molar-refractivity contribution is 5.40. The van der Waals surface area contributed by atoms with Gasteiger partial charge in [0, 0.05) is 30.6 Å². The van der Waals surface area contributed by atoms with Gasteiger partial charge in [0.2, 0.25) is 0 Å². The van der Waals surface area contributed by atoms with Gasteiger partial charge < -0.3 is 15.8 Å². The van der Waals surface area contributed by atoms with E-state index in [0.717, 1.165) is 36.9 Å². The highest BCUT2D eigenvalue weighted by Gasteiger charge is 2.21. The van der Waals surface area contributed by atoms with Gasteiger partial charge in [0.25, 0.3) is 0 Å². The average Bonchev–Trinajstić information content (AvgIpc) is 3.10. The van der Waals surface area contributed by atoms with Crippen LogP contribution < -0.4 is 15.8 Å². The Hall–Kier alpha value is -1.06. The molecular weight excluding hydrogens is 200 g/mol. The van der Waals surface area contributed by atoms with E-state index in [1.165, 1.54) is 18.4 Å². The third kappa shape index (κ3) is 2.06. The molecule has 2 aliphatic rings. The molecule has 0 bridgehead atoms. The van der Waals surface area contributed by atoms with Crippen molar-refractivity contribution in [1.29, 1.82) is 0 Å². The van der Waals surface area contributed by atoms with Crippen LogP contribution in [0, 0.1) is 0 Å². The van der Waals surface area contributed by atoms with Crippen LogP contribution in [0.25, 0.3) is 0 Å². The SMILES string of the molecule is NC1CCOc2cc(CNC3CC3)ccc21. The van der Waals surface area contributed by atoms with Crippen LogP contribution in [0.3, 0.4) is 0 Å². The highest BCUT2D eigenvalue weighted by Crippen LogP contribution is 2.31. The topological polar surface area (TPSA) is 47.3 Å². The molecule has 0 spiro atoms. The second-order valence-corrected chi connectivity index (χ2v) is 4.77. The van der Waals surface area contributed by atoms with Crippen molar-refractivity contribution in [2.24, 2.45) is 5.73 Å². The van der Waals surface area contributed by atoms with E-state index in [-0.39, 0.29) is 6.04 Å². The molecule has 1 heterocycles. The van der Waals surface area contributed by atoms with Gasteiger partial charge in [-0.05, 0) is 24.5 Å². The molecule has 0 amide bonds. The first-order valence-electron chi connectivity index (χ1n) is 6.07. The van der Waals surface area contributed by atoms with Crippen molar-refractivity contribution >= 4 is 0 Å². The second kappa shape index (κ2) is 4.07. The summed E-state index contributed by atoms with van der Waals surface area (Å²) in [5, 5.41) is 3.50. The zero-order chi connectivity index (χ0) is 11.0. The highest BCUT2D eigenvalue weighted by atomic mass is 16.5. The van der Waals surface area contributed by atoms with Crippen LogP contribution >= 0.6 is 0 Å². The summed E-state index contributed by atoms with van der Waals surface area (Å²) in [4.78, 5) is 0. The molecule has 1 aliphatic carbocycles. The fourth-order valence-electron chi connectivity index (χ4n) is 2.12. The molecule has 1 fully saturated rings. The minimum Gasteiger partial charge on any atom is -0.493 e. The number of hydrogen-bond donors (Lipinski definition) is 2. The van der Waals surface area contributed by atoms with Gasteiger partial charge in [-0.15, -0.1) is 0 Å². The van der Waals surface area contributed by atoms with Crippen LogP contribution in [-0.4, -0.2) is 12.6 Å². The van der Waals surface area contributed by atoms with Gasteiger partial charge in [0.1, 0.15) is 5.75 Å². The summed E-state index contributed by atoms with van der Waals surface area (Å²) in [7, 11) is 0. The van der Waals surface area contributed by atoms with E-state index in [0.29, 0.717) is 0 Å². The standard InChI is InChI=1S/C13H18N2O/c14-12-5-6-16-13-7-9(1-4-11(12)13)8-15-10-2-3-10/h1,4,7,10,12,15H,2-3,5-6,8,14H2. The molecule has 1 atom stereocenters. The summed E-state index contributed by atoms with van der Waals surface area (Å²) < 4.78 is 5.65. The Labute approximate surface area is 96.0 Å². The molecule has 3 nitrogen and oxygen atoms in total. The molecule has 1 aromatic rings. The van der Waals surface area contributed by atoms with Gasteiger partial charge in [-0.2, -0.15) is 0 Å². The van der Waals surface area contributed by atoms with Gasteiger partial charge in [-0.25, -0.2) is 0 Å². The lowest BCUT2D eigenvalue weighted by atomic mass is 10.00. The largest absolute Gasteiger partial charge is 0.493 e. The van der Waals surface area contributed by atoms with E-state index < -0.39 is 0 Å². The van der Waals surface area contributed by atoms with Crippen LogP contribution in [0.1, 0.15) is 36.4 Å². The van der Waals surface area contributed by atoms with Crippen molar-refractivity contribution in [3.8, 4) is 5.75 Å². The molecule has 16 heavy (non-hydrogen) atoms. The molecule has 1 aliphatic heterocycles. The Morgan fingerprint density at radius 2 is 2.19 bits per heavy atom. The Morgan fingerprint density at radius 3 is 3.00 bits per heavy atom. The zero-order valence-corrected chi connectivity index (χ0v) is 9.41. The van der Waals surface area contributed by atoms with E-state index >= 15 is 0 Å². The zero-order valence-electron chi connectivity index (χ0n) is 9.41. The lowest BCUT2D eigenvalue weighted by Crippen LogP contribution is -2.21. The molecule has 86 valence electrons. The van der Waals surface area contributed by atoms with E-state index in [4.69, 9.17) is 10.5 Å². The Balaban J connectivity index is 1.75. The Bertz CT molecular complexity index is 388. The molecule has 3 heteroatoms. The number of nitrogens with one attached hydrogen (secondary N) is 1. The van der Waals surface area contributed by atoms with E-state index in [2.05, 4.69) is 23.5 Å². The normalized spacial score (nSPS) is 23.7. The van der Waals surface area contributed by atoms with E-state index in [9.17, 15) is 0 Å². The van der Waals surface area contributed by atoms with Crippen LogP contribution in [-0.2, 0) is 6.54 Å². The molecule has 3 rings (SSSR count). The fourth-order valence-corrected chi connectivity index (χ4v) is 2.12. The average molecular weight is 218 g/mol. The van der Waals surface area contributed by atoms with Gasteiger partial charge in [0.05, 0.1) is 6.61 Å². The van der Waals surface area contributed by atoms with Crippen molar-refractivity contribution in [2.75, 3.05) is 6.61 Å². The summed E-state index contributed by atoms with van der Waals surface area (Å²) in [5.74, 6) is 0.980. The van der Waals surface area contributed by atoms with Crippen molar-refractivity contribution < 1.29 is 4.74 Å². The summed E-state index contributed by atoms with van der Waals surface area (Å²) in [6, 6.07) is 7.30. The minimum absolute atomic E-state index is 0.147. The van der Waals surface area contributed by atoms with Gasteiger partial charge >= 0.3 is 0 Å². The van der Waals surface area contributed by atoms with Crippen LogP contribution in [0.5, 0.6) is 5.75 Å². The number of fused-ring (bicyclic) bond motifs is 1. The smallest absolute Gasteiger partial charge is 0.124 e. The maximum Gasteiger partial charge on any atom is 0.124 e. The molecule has 1 aromatic carbocycles. The third-order valence-electron chi connectivity index (χ3n) is 3.34. The monoisotopic (exact) mass is 218 g/mol. The summed E-state index contributed by atoms with van der Waals surface area (Å²) in [5.41, 5.74) is 8.48. The van der Waals surface area contributed by atoms with Gasteiger partial charge in [0.15, 0.2) is 0 Å². The molecule has 0 saturated heterocycles. The van der Waals surface area contributed by atoms with Crippen molar-refractivity contribution in [1.82, 2.24) is 5.32 Å². The summed E-state index contributed by atoms with van der Waals surface area (Å²) >= 11 is 0. The minimum atomic E-state index is 0.147. The predicted molar refractivity (Wildman–Crippen MR) is 63.3 cm³/mol. The van der Waals surface area contributed by atoms with Gasteiger partial charge in [-0.1, -0.05) is 12.1 Å². The number of hydrogen-bond acceptors (Lipinski definition) is 3. The maximum atomic E-state index is 6.03. The van der Waals surface area contributed by atoms with E-state index in [1.54, 1.807) is 0 Å². The molecular formula is C13H18N2O. The van der Waals surface area contributed by atoms with Crippen molar-refractivity contribution in [2.45, 2.75) is 37.9 Å². The fraction of sp³-hybridized carbons (Fsp3) is 0.538. The maximum absolute atomic E-state index is 6.03. The number of nitrogens with two attached hydrogens (primary N) is 1. The predicted octanol–water partition coefficient (Wildman–Crippen LogP) is 1.72. The van der Waals surface area contributed by atoms with Crippen LogP contribution in [0.2, 0.25) is 0 Å². The van der Waals surface area contributed by atoms with Crippen molar-refractivity contribution in [3.63, 3.8) is 0 Å². The van der Waals surface area contributed by atoms with Crippen LogP contribution in [0.15, 0.2) is 18.2 Å². The second-order valence-electron chi connectivity index (χ2n) is 4.77. The van der Waals surface area contributed by atoms with Crippen molar-refractivity contribution in [3.05, 3.63) is 29.3 Å². The molecule has 1 unspecified atom stereocenters. The first-order valence-corrected chi connectivity index (χ1v) is 6.07. The molecule has 1 saturated carbocycles. The van der Waals surface area contributed by atoms with E-state index in [1.807, 2.05) is 0 Å². The first kappa shape index (κ1) is 10.1. The van der Waals surface area contributed by atoms with Gasteiger partial charge in [-0.3, -0.25) is 0 Å². The molecule has 3 N–H and O–H groups in total. The first-order chi connectivity index (χ1) is 7.83. The Kier molecular flexibility index (Phi) is 2.58. The summed E-state index contributed by atoms with van der Waals surface area (Å²) in [6.45, 7) is 1.68. The molecule has 0 aromatic heterocycles.